The SMILES string of the molecule is CN(C(=O)C(F)F)c1cnn(C)c1. The fraction of sp³-hybridized carbons (Fsp3) is 0.429. The third kappa shape index (κ3) is 2.01. The Kier molecular flexibility index (Phi) is 2.60. The van der Waals surface area contributed by atoms with E-state index in [1.165, 1.54) is 24.1 Å². The zero-order chi connectivity index (χ0) is 10.0. The summed E-state index contributed by atoms with van der Waals surface area (Å²) in [5.41, 5.74) is 0.354. The lowest BCUT2D eigenvalue weighted by Crippen LogP contribution is -2.31. The van der Waals surface area contributed by atoms with Crippen molar-refractivity contribution in [1.82, 2.24) is 9.78 Å². The van der Waals surface area contributed by atoms with E-state index in [1.807, 2.05) is 0 Å². The number of amides is 1. The van der Waals surface area contributed by atoms with Gasteiger partial charge in [0.1, 0.15) is 0 Å². The first-order valence-corrected chi connectivity index (χ1v) is 3.56. The van der Waals surface area contributed by atoms with Crippen LogP contribution in [0.4, 0.5) is 14.5 Å². The molecule has 0 radical (unpaired) electrons. The van der Waals surface area contributed by atoms with Crippen molar-refractivity contribution in [3.05, 3.63) is 12.4 Å². The highest BCUT2D eigenvalue weighted by Crippen LogP contribution is 2.12. The van der Waals surface area contributed by atoms with Crippen LogP contribution >= 0.6 is 0 Å². The number of aryl methyl sites for hydroxylation is 1. The number of hydrogen-bond donors (Lipinski definition) is 0. The molecule has 0 bridgehead atoms. The second-order valence-electron chi connectivity index (χ2n) is 2.57. The fourth-order valence-electron chi connectivity index (χ4n) is 0.855. The molecule has 0 atom stereocenters. The standard InChI is InChI=1S/C7H9F2N3O/c1-11-4-5(3-10-11)12(2)7(13)6(8)9/h3-4,6H,1-2H3. The maximum atomic E-state index is 12.0. The van der Waals surface area contributed by atoms with Crippen molar-refractivity contribution in [2.75, 3.05) is 11.9 Å². The van der Waals surface area contributed by atoms with Gasteiger partial charge in [0.15, 0.2) is 0 Å². The van der Waals surface area contributed by atoms with E-state index in [4.69, 9.17) is 0 Å². The quantitative estimate of drug-likeness (QED) is 0.685. The molecule has 0 saturated heterocycles. The van der Waals surface area contributed by atoms with Crippen molar-refractivity contribution in [3.8, 4) is 0 Å². The zero-order valence-corrected chi connectivity index (χ0v) is 7.24. The van der Waals surface area contributed by atoms with E-state index in [2.05, 4.69) is 5.10 Å². The van der Waals surface area contributed by atoms with Crippen LogP contribution in [0.1, 0.15) is 0 Å². The number of hydrogen-bond acceptors (Lipinski definition) is 2. The lowest BCUT2D eigenvalue weighted by atomic mass is 10.4. The average molecular weight is 189 g/mol. The Labute approximate surface area is 73.8 Å². The molecule has 6 heteroatoms. The summed E-state index contributed by atoms with van der Waals surface area (Å²) < 4.78 is 25.3. The normalized spacial score (nSPS) is 10.5. The van der Waals surface area contributed by atoms with Crippen LogP contribution in [0.2, 0.25) is 0 Å². The van der Waals surface area contributed by atoms with E-state index >= 15 is 0 Å². The highest BCUT2D eigenvalue weighted by atomic mass is 19.3. The lowest BCUT2D eigenvalue weighted by Gasteiger charge is -2.13. The largest absolute Gasteiger partial charge is 0.316 e. The predicted molar refractivity (Wildman–Crippen MR) is 42.6 cm³/mol. The van der Waals surface area contributed by atoms with Crippen LogP contribution in [-0.2, 0) is 11.8 Å². The molecule has 1 aromatic rings. The summed E-state index contributed by atoms with van der Waals surface area (Å²) in [6.45, 7) is 0. The summed E-state index contributed by atoms with van der Waals surface area (Å²) in [7, 11) is 2.93. The second-order valence-corrected chi connectivity index (χ2v) is 2.57. The molecule has 0 saturated carbocycles. The van der Waals surface area contributed by atoms with E-state index in [-0.39, 0.29) is 0 Å². The molecule has 13 heavy (non-hydrogen) atoms. The molecular formula is C7H9F2N3O. The topological polar surface area (TPSA) is 38.1 Å². The third-order valence-electron chi connectivity index (χ3n) is 1.60. The Morgan fingerprint density at radius 3 is 2.69 bits per heavy atom. The van der Waals surface area contributed by atoms with Gasteiger partial charge in [-0.05, 0) is 0 Å². The number of anilines is 1. The van der Waals surface area contributed by atoms with Crippen LogP contribution in [0, 0.1) is 0 Å². The van der Waals surface area contributed by atoms with E-state index in [0.717, 1.165) is 4.90 Å². The maximum Gasteiger partial charge on any atom is 0.316 e. The molecular weight excluding hydrogens is 180 g/mol. The van der Waals surface area contributed by atoms with Crippen molar-refractivity contribution in [3.63, 3.8) is 0 Å². The average Bonchev–Trinajstić information content (AvgIpc) is 2.49. The van der Waals surface area contributed by atoms with Gasteiger partial charge in [-0.2, -0.15) is 13.9 Å². The molecule has 0 N–H and O–H groups in total. The highest BCUT2D eigenvalue weighted by Gasteiger charge is 2.21. The molecule has 72 valence electrons. The molecule has 0 aliphatic rings. The molecule has 4 nitrogen and oxygen atoms in total. The van der Waals surface area contributed by atoms with Gasteiger partial charge in [-0.15, -0.1) is 0 Å². The molecule has 0 unspecified atom stereocenters. The molecule has 0 aliphatic heterocycles. The third-order valence-corrected chi connectivity index (χ3v) is 1.60. The monoisotopic (exact) mass is 189 g/mol. The van der Waals surface area contributed by atoms with Gasteiger partial charge < -0.3 is 4.90 Å². The summed E-state index contributed by atoms with van der Waals surface area (Å²) in [4.78, 5) is 11.7. The summed E-state index contributed by atoms with van der Waals surface area (Å²) in [6, 6.07) is 0. The first-order chi connectivity index (χ1) is 6.02. The van der Waals surface area contributed by atoms with Crippen LogP contribution in [0.3, 0.4) is 0 Å². The molecule has 1 aromatic heterocycles. The van der Waals surface area contributed by atoms with E-state index in [1.54, 1.807) is 7.05 Å². The smallest absolute Gasteiger partial charge is 0.308 e. The summed E-state index contributed by atoms with van der Waals surface area (Å²) in [5, 5.41) is 3.76. The van der Waals surface area contributed by atoms with Gasteiger partial charge in [0.25, 0.3) is 5.91 Å². The van der Waals surface area contributed by atoms with Gasteiger partial charge >= 0.3 is 6.43 Å². The number of carbonyl (C=O) groups excluding carboxylic acids is 1. The van der Waals surface area contributed by atoms with Crippen LogP contribution in [0.15, 0.2) is 12.4 Å². The number of alkyl halides is 2. The summed E-state index contributed by atoms with van der Waals surface area (Å²) in [6.07, 6.45) is -0.147. The number of halogens is 2. The Hall–Kier alpha value is -1.46. The Bertz CT molecular complexity index is 310. The van der Waals surface area contributed by atoms with Crippen LogP contribution in [0.25, 0.3) is 0 Å². The molecule has 0 aliphatic carbocycles. The van der Waals surface area contributed by atoms with Gasteiger partial charge in [0, 0.05) is 20.3 Å². The minimum atomic E-state index is -2.98. The van der Waals surface area contributed by atoms with Gasteiger partial charge in [0.05, 0.1) is 11.9 Å². The van der Waals surface area contributed by atoms with E-state index in [0.29, 0.717) is 5.69 Å². The van der Waals surface area contributed by atoms with Crippen molar-refractivity contribution in [2.24, 2.45) is 7.05 Å². The minimum Gasteiger partial charge on any atom is -0.308 e. The highest BCUT2D eigenvalue weighted by molar-refractivity contribution is 5.94. The van der Waals surface area contributed by atoms with Crippen LogP contribution < -0.4 is 4.90 Å². The summed E-state index contributed by atoms with van der Waals surface area (Å²) >= 11 is 0. The summed E-state index contributed by atoms with van der Waals surface area (Å²) in [5.74, 6) is -1.23. The minimum absolute atomic E-state index is 0.354. The molecule has 0 aromatic carbocycles. The Morgan fingerprint density at radius 1 is 1.69 bits per heavy atom. The van der Waals surface area contributed by atoms with Gasteiger partial charge in [-0.25, -0.2) is 0 Å². The number of carbonyl (C=O) groups is 1. The number of rotatable bonds is 2. The van der Waals surface area contributed by atoms with Gasteiger partial charge in [-0.3, -0.25) is 9.48 Å². The first kappa shape index (κ1) is 9.63. The Balaban J connectivity index is 2.79. The van der Waals surface area contributed by atoms with Crippen molar-refractivity contribution in [1.29, 1.82) is 0 Å². The molecule has 1 rings (SSSR count). The molecule has 1 heterocycles. The van der Waals surface area contributed by atoms with E-state index in [9.17, 15) is 13.6 Å². The van der Waals surface area contributed by atoms with Gasteiger partial charge in [0.2, 0.25) is 0 Å². The fourth-order valence-corrected chi connectivity index (χ4v) is 0.855. The molecule has 1 amide bonds. The van der Waals surface area contributed by atoms with Crippen LogP contribution in [0.5, 0.6) is 0 Å². The molecule has 0 spiro atoms. The van der Waals surface area contributed by atoms with Crippen molar-refractivity contribution in [2.45, 2.75) is 6.43 Å². The number of nitrogens with zero attached hydrogens (tertiary/aromatic N) is 3. The maximum absolute atomic E-state index is 12.0. The van der Waals surface area contributed by atoms with Crippen molar-refractivity contribution < 1.29 is 13.6 Å². The molecule has 0 fully saturated rings. The predicted octanol–water partition coefficient (Wildman–Crippen LogP) is 0.648. The lowest BCUT2D eigenvalue weighted by molar-refractivity contribution is -0.128. The van der Waals surface area contributed by atoms with E-state index < -0.39 is 12.3 Å². The zero-order valence-electron chi connectivity index (χ0n) is 7.24. The van der Waals surface area contributed by atoms with Crippen LogP contribution in [-0.4, -0.2) is 29.2 Å². The number of aromatic nitrogens is 2. The van der Waals surface area contributed by atoms with Crippen molar-refractivity contribution >= 4 is 11.6 Å². The Morgan fingerprint density at radius 2 is 2.31 bits per heavy atom. The van der Waals surface area contributed by atoms with Gasteiger partial charge in [-0.1, -0.05) is 0 Å². The second kappa shape index (κ2) is 3.51. The first-order valence-electron chi connectivity index (χ1n) is 3.56.